The number of hydrogen-bond donors (Lipinski definition) is 1. The number of carbonyl (C=O) groups excluding carboxylic acids is 3. The van der Waals surface area contributed by atoms with E-state index in [-0.39, 0.29) is 34.9 Å². The first kappa shape index (κ1) is 24.4. The number of esters is 1. The molecule has 0 spiro atoms. The van der Waals surface area contributed by atoms with Crippen molar-refractivity contribution in [1.82, 2.24) is 9.62 Å². The fourth-order valence-corrected chi connectivity index (χ4v) is 4.62. The molecule has 0 aromatic heterocycles. The maximum Gasteiger partial charge on any atom is 0.338 e. The number of amides is 2. The van der Waals surface area contributed by atoms with Crippen molar-refractivity contribution in [2.45, 2.75) is 11.8 Å². The molecule has 2 amide bonds. The zero-order chi connectivity index (χ0) is 24.0. The van der Waals surface area contributed by atoms with Crippen LogP contribution in [0.4, 0.5) is 0 Å². The number of hydrogen-bond acceptors (Lipinski definition) is 8. The van der Waals surface area contributed by atoms with Crippen LogP contribution >= 0.6 is 0 Å². The fraction of sp³-hybridized carbons (Fsp3) is 0.318. The molecule has 1 aliphatic heterocycles. The molecule has 0 saturated carbocycles. The van der Waals surface area contributed by atoms with E-state index in [2.05, 4.69) is 5.32 Å². The maximum absolute atomic E-state index is 12.9. The van der Waals surface area contributed by atoms with Gasteiger partial charge < -0.3 is 14.2 Å². The molecule has 176 valence electrons. The standard InChI is InChI=1S/C22H24N2O8S/c1-15-7-8-16(33(28,29)24-9-11-31-12-10-24)13-18(15)22(27)32-14-20(25)23-21(26)17-5-3-4-6-19(17)30-2/h3-8,13H,9-12,14H2,1-2H3,(H,23,25,26). The lowest BCUT2D eigenvalue weighted by atomic mass is 10.1. The van der Waals surface area contributed by atoms with Crippen LogP contribution in [0.1, 0.15) is 26.3 Å². The number of benzene rings is 2. The van der Waals surface area contributed by atoms with Gasteiger partial charge in [-0.2, -0.15) is 4.31 Å². The largest absolute Gasteiger partial charge is 0.496 e. The summed E-state index contributed by atoms with van der Waals surface area (Å²) in [6, 6.07) is 10.5. The molecule has 0 unspecified atom stereocenters. The average molecular weight is 477 g/mol. The second-order valence-corrected chi connectivity index (χ2v) is 9.08. The number of morpholine rings is 1. The van der Waals surface area contributed by atoms with Gasteiger partial charge >= 0.3 is 5.97 Å². The minimum atomic E-state index is -3.81. The molecule has 0 aliphatic carbocycles. The first-order valence-corrected chi connectivity index (χ1v) is 11.5. The predicted molar refractivity (Wildman–Crippen MR) is 117 cm³/mol. The van der Waals surface area contributed by atoms with Crippen molar-refractivity contribution in [2.75, 3.05) is 40.0 Å². The monoisotopic (exact) mass is 476 g/mol. The van der Waals surface area contributed by atoms with E-state index >= 15 is 0 Å². The summed E-state index contributed by atoms with van der Waals surface area (Å²) in [6.45, 7) is 1.92. The number of rotatable bonds is 7. The van der Waals surface area contributed by atoms with Crippen LogP contribution in [0.3, 0.4) is 0 Å². The Balaban J connectivity index is 1.66. The number of nitrogens with zero attached hydrogens (tertiary/aromatic N) is 1. The molecule has 0 atom stereocenters. The summed E-state index contributed by atoms with van der Waals surface area (Å²) in [7, 11) is -2.42. The zero-order valence-electron chi connectivity index (χ0n) is 18.2. The Bertz CT molecular complexity index is 1160. The predicted octanol–water partition coefficient (Wildman–Crippen LogP) is 1.14. The van der Waals surface area contributed by atoms with Gasteiger partial charge in [0.25, 0.3) is 11.8 Å². The summed E-state index contributed by atoms with van der Waals surface area (Å²) < 4.78 is 42.3. The number of nitrogens with one attached hydrogen (secondary N) is 1. The van der Waals surface area contributed by atoms with Gasteiger partial charge in [0.05, 0.1) is 36.3 Å². The number of carbonyl (C=O) groups is 3. The molecule has 0 radical (unpaired) electrons. The molecule has 2 aromatic rings. The van der Waals surface area contributed by atoms with Gasteiger partial charge in [-0.15, -0.1) is 0 Å². The molecule has 1 heterocycles. The van der Waals surface area contributed by atoms with Crippen molar-refractivity contribution in [1.29, 1.82) is 0 Å². The number of aryl methyl sites for hydroxylation is 1. The number of imide groups is 1. The molecular formula is C22H24N2O8S. The first-order chi connectivity index (χ1) is 15.7. The number of sulfonamides is 1. The Morgan fingerprint density at radius 2 is 1.76 bits per heavy atom. The minimum absolute atomic E-state index is 0.00758. The van der Waals surface area contributed by atoms with Gasteiger partial charge in [-0.05, 0) is 36.8 Å². The van der Waals surface area contributed by atoms with Crippen LogP contribution in [0.15, 0.2) is 47.4 Å². The number of methoxy groups -OCH3 is 1. The van der Waals surface area contributed by atoms with Gasteiger partial charge in [0.1, 0.15) is 5.75 Å². The highest BCUT2D eigenvalue weighted by Gasteiger charge is 2.28. The van der Waals surface area contributed by atoms with Crippen LogP contribution in [-0.2, 0) is 24.3 Å². The zero-order valence-corrected chi connectivity index (χ0v) is 19.0. The van der Waals surface area contributed by atoms with E-state index in [4.69, 9.17) is 14.2 Å². The third-order valence-electron chi connectivity index (χ3n) is 4.98. The summed E-state index contributed by atoms with van der Waals surface area (Å²) >= 11 is 0. The molecule has 10 nitrogen and oxygen atoms in total. The van der Waals surface area contributed by atoms with E-state index in [1.54, 1.807) is 25.1 Å². The molecule has 33 heavy (non-hydrogen) atoms. The van der Waals surface area contributed by atoms with E-state index in [1.165, 1.54) is 35.7 Å². The SMILES string of the molecule is COc1ccccc1C(=O)NC(=O)COC(=O)c1cc(S(=O)(=O)N2CCOCC2)ccc1C. The summed E-state index contributed by atoms with van der Waals surface area (Å²) in [5.41, 5.74) is 0.635. The van der Waals surface area contributed by atoms with Gasteiger partial charge in [0.15, 0.2) is 6.61 Å². The van der Waals surface area contributed by atoms with Crippen LogP contribution in [0.2, 0.25) is 0 Å². The van der Waals surface area contributed by atoms with Crippen molar-refractivity contribution in [3.63, 3.8) is 0 Å². The fourth-order valence-electron chi connectivity index (χ4n) is 3.19. The first-order valence-electron chi connectivity index (χ1n) is 10.1. The van der Waals surface area contributed by atoms with E-state index in [1.807, 2.05) is 0 Å². The molecule has 2 aromatic carbocycles. The molecule has 1 aliphatic rings. The molecule has 1 saturated heterocycles. The summed E-state index contributed by atoms with van der Waals surface area (Å²) in [4.78, 5) is 36.9. The van der Waals surface area contributed by atoms with Gasteiger partial charge in [0.2, 0.25) is 10.0 Å². The second-order valence-electron chi connectivity index (χ2n) is 7.15. The van der Waals surface area contributed by atoms with Crippen molar-refractivity contribution < 1.29 is 37.0 Å². The smallest absolute Gasteiger partial charge is 0.338 e. The van der Waals surface area contributed by atoms with Gasteiger partial charge in [-0.25, -0.2) is 13.2 Å². The normalized spacial score (nSPS) is 14.4. The summed E-state index contributed by atoms with van der Waals surface area (Å²) in [5.74, 6) is -2.14. The maximum atomic E-state index is 12.9. The lowest BCUT2D eigenvalue weighted by Gasteiger charge is -2.26. The van der Waals surface area contributed by atoms with E-state index in [9.17, 15) is 22.8 Å². The van der Waals surface area contributed by atoms with E-state index < -0.39 is 34.4 Å². The molecule has 3 rings (SSSR count). The number of para-hydroxylation sites is 1. The highest BCUT2D eigenvalue weighted by molar-refractivity contribution is 7.89. The third kappa shape index (κ3) is 5.75. The van der Waals surface area contributed by atoms with Crippen molar-refractivity contribution >= 4 is 27.8 Å². The van der Waals surface area contributed by atoms with E-state index in [0.29, 0.717) is 18.8 Å². The second kappa shape index (κ2) is 10.6. The Morgan fingerprint density at radius 3 is 2.45 bits per heavy atom. The Morgan fingerprint density at radius 1 is 1.06 bits per heavy atom. The lowest BCUT2D eigenvalue weighted by Crippen LogP contribution is -2.40. The Kier molecular flexibility index (Phi) is 7.79. The summed E-state index contributed by atoms with van der Waals surface area (Å²) in [5, 5.41) is 2.12. The number of ether oxygens (including phenoxy) is 3. The van der Waals surface area contributed by atoms with Crippen LogP contribution in [-0.4, -0.2) is 70.5 Å². The lowest BCUT2D eigenvalue weighted by molar-refractivity contribution is -0.123. The topological polar surface area (TPSA) is 128 Å². The van der Waals surface area contributed by atoms with Crippen molar-refractivity contribution in [2.24, 2.45) is 0 Å². The molecule has 11 heteroatoms. The molecule has 0 bridgehead atoms. The van der Waals surface area contributed by atoms with Gasteiger partial charge in [-0.1, -0.05) is 18.2 Å². The van der Waals surface area contributed by atoms with Gasteiger partial charge in [0, 0.05) is 13.1 Å². The molecular weight excluding hydrogens is 452 g/mol. The van der Waals surface area contributed by atoms with Crippen LogP contribution in [0.5, 0.6) is 5.75 Å². The third-order valence-corrected chi connectivity index (χ3v) is 6.87. The van der Waals surface area contributed by atoms with Crippen LogP contribution in [0.25, 0.3) is 0 Å². The average Bonchev–Trinajstić information content (AvgIpc) is 2.83. The minimum Gasteiger partial charge on any atom is -0.496 e. The highest BCUT2D eigenvalue weighted by atomic mass is 32.2. The quantitative estimate of drug-likeness (QED) is 0.589. The molecule has 1 fully saturated rings. The van der Waals surface area contributed by atoms with Crippen molar-refractivity contribution in [3.05, 3.63) is 59.2 Å². The van der Waals surface area contributed by atoms with Gasteiger partial charge in [-0.3, -0.25) is 14.9 Å². The highest BCUT2D eigenvalue weighted by Crippen LogP contribution is 2.21. The summed E-state index contributed by atoms with van der Waals surface area (Å²) in [6.07, 6.45) is 0. The Hall–Kier alpha value is -3.28. The van der Waals surface area contributed by atoms with E-state index in [0.717, 1.165) is 0 Å². The van der Waals surface area contributed by atoms with Crippen LogP contribution in [0, 0.1) is 6.92 Å². The molecule has 1 N–H and O–H groups in total. The van der Waals surface area contributed by atoms with Crippen molar-refractivity contribution in [3.8, 4) is 5.75 Å². The van der Waals surface area contributed by atoms with Crippen LogP contribution < -0.4 is 10.1 Å². The Labute approximate surface area is 191 Å².